The molecule has 1 aliphatic heterocycles. The molecule has 1 saturated heterocycles. The van der Waals surface area contributed by atoms with Gasteiger partial charge in [-0.1, -0.05) is 6.07 Å². The van der Waals surface area contributed by atoms with Crippen LogP contribution in [0.5, 0.6) is 0 Å². The van der Waals surface area contributed by atoms with Crippen LogP contribution in [0.4, 0.5) is 11.5 Å². The zero-order valence-electron chi connectivity index (χ0n) is 16.5. The maximum Gasteiger partial charge on any atom is 0.239 e. The van der Waals surface area contributed by atoms with Crippen molar-refractivity contribution in [3.8, 4) is 0 Å². The van der Waals surface area contributed by atoms with E-state index in [4.69, 9.17) is 0 Å². The highest BCUT2D eigenvalue weighted by Crippen LogP contribution is 2.25. The summed E-state index contributed by atoms with van der Waals surface area (Å²) in [5.41, 5.74) is 2.66. The molecule has 0 spiro atoms. The van der Waals surface area contributed by atoms with E-state index < -0.39 is 0 Å². The van der Waals surface area contributed by atoms with E-state index in [0.29, 0.717) is 0 Å². The van der Waals surface area contributed by atoms with E-state index in [0.717, 1.165) is 59.4 Å². The molecule has 1 atom stereocenters. The topological polar surface area (TPSA) is 98.8 Å². The number of nitrogens with zero attached hydrogens (tertiary/aromatic N) is 4. The third kappa shape index (κ3) is 3.63. The molecule has 0 radical (unpaired) electrons. The highest BCUT2D eigenvalue weighted by Gasteiger charge is 2.23. The van der Waals surface area contributed by atoms with Crippen molar-refractivity contribution in [2.75, 3.05) is 29.9 Å². The molecule has 3 N–H and O–H groups in total. The summed E-state index contributed by atoms with van der Waals surface area (Å²) in [6, 6.07) is 11.9. The fraction of sp³-hybridized carbons (Fsp3) is 0.273. The SMILES string of the molecule is O=C(CNc1cccc2ncccc12)N[C@H]1CCCN(c2ncnc3[nH]ccc23)C1. The highest BCUT2D eigenvalue weighted by atomic mass is 16.2. The molecular formula is C22H23N7O. The Balaban J connectivity index is 1.22. The maximum atomic E-state index is 12.6. The van der Waals surface area contributed by atoms with Gasteiger partial charge in [-0.25, -0.2) is 9.97 Å². The molecule has 152 valence electrons. The van der Waals surface area contributed by atoms with Crippen molar-refractivity contribution in [2.24, 2.45) is 0 Å². The first kappa shape index (κ1) is 18.4. The molecule has 1 aromatic carbocycles. The number of amides is 1. The first-order chi connectivity index (χ1) is 14.8. The quantitative estimate of drug-likeness (QED) is 0.476. The summed E-state index contributed by atoms with van der Waals surface area (Å²) < 4.78 is 0. The molecular weight excluding hydrogens is 378 g/mol. The maximum absolute atomic E-state index is 12.6. The van der Waals surface area contributed by atoms with E-state index in [1.54, 1.807) is 12.5 Å². The molecule has 1 amide bonds. The van der Waals surface area contributed by atoms with Gasteiger partial charge in [0.2, 0.25) is 5.91 Å². The van der Waals surface area contributed by atoms with E-state index in [2.05, 4.69) is 35.5 Å². The molecule has 0 unspecified atom stereocenters. The molecule has 8 heteroatoms. The molecule has 8 nitrogen and oxygen atoms in total. The summed E-state index contributed by atoms with van der Waals surface area (Å²) in [6.07, 6.45) is 7.19. The largest absolute Gasteiger partial charge is 0.376 e. The first-order valence-electron chi connectivity index (χ1n) is 10.2. The smallest absolute Gasteiger partial charge is 0.239 e. The van der Waals surface area contributed by atoms with Crippen molar-refractivity contribution < 1.29 is 4.79 Å². The second-order valence-electron chi connectivity index (χ2n) is 7.52. The van der Waals surface area contributed by atoms with E-state index in [-0.39, 0.29) is 18.5 Å². The number of hydrogen-bond acceptors (Lipinski definition) is 6. The normalized spacial score (nSPS) is 16.7. The fourth-order valence-corrected chi connectivity index (χ4v) is 4.11. The zero-order valence-corrected chi connectivity index (χ0v) is 16.5. The number of nitrogens with one attached hydrogen (secondary N) is 3. The monoisotopic (exact) mass is 401 g/mol. The number of fused-ring (bicyclic) bond motifs is 2. The summed E-state index contributed by atoms with van der Waals surface area (Å²) in [4.78, 5) is 31.1. The van der Waals surface area contributed by atoms with Gasteiger partial charge in [0, 0.05) is 42.6 Å². The Kier molecular flexibility index (Phi) is 4.88. The summed E-state index contributed by atoms with van der Waals surface area (Å²) in [5, 5.41) is 8.44. The number of aromatic amines is 1. The minimum Gasteiger partial charge on any atom is -0.376 e. The average Bonchev–Trinajstić information content (AvgIpc) is 3.27. The molecule has 0 bridgehead atoms. The average molecular weight is 401 g/mol. The standard InChI is InChI=1S/C22H23N7O/c30-20(12-25-19-7-1-6-18-16(19)5-2-9-23-18)28-15-4-3-11-29(13-15)22-17-8-10-24-21(17)26-14-27-22/h1-2,5-10,14-15,25H,3-4,11-13H2,(H,28,30)(H,24,26,27)/t15-/m0/s1. The van der Waals surface area contributed by atoms with Crippen molar-refractivity contribution in [1.29, 1.82) is 0 Å². The van der Waals surface area contributed by atoms with E-state index in [1.807, 2.05) is 42.6 Å². The van der Waals surface area contributed by atoms with Crippen LogP contribution in [0.2, 0.25) is 0 Å². The lowest BCUT2D eigenvalue weighted by molar-refractivity contribution is -0.120. The summed E-state index contributed by atoms with van der Waals surface area (Å²) in [7, 11) is 0. The van der Waals surface area contributed by atoms with Gasteiger partial charge in [-0.3, -0.25) is 9.78 Å². The van der Waals surface area contributed by atoms with Crippen LogP contribution in [0.1, 0.15) is 12.8 Å². The molecule has 5 rings (SSSR count). The Morgan fingerprint density at radius 1 is 1.13 bits per heavy atom. The second-order valence-corrected chi connectivity index (χ2v) is 7.52. The van der Waals surface area contributed by atoms with Crippen molar-refractivity contribution in [3.05, 3.63) is 55.1 Å². The van der Waals surface area contributed by atoms with Gasteiger partial charge in [0.15, 0.2) is 0 Å². The van der Waals surface area contributed by atoms with Crippen LogP contribution in [-0.4, -0.2) is 51.5 Å². The summed E-state index contributed by atoms with van der Waals surface area (Å²) >= 11 is 0. The van der Waals surface area contributed by atoms with Crippen molar-refractivity contribution in [2.45, 2.75) is 18.9 Å². The first-order valence-corrected chi connectivity index (χ1v) is 10.2. The van der Waals surface area contributed by atoms with Gasteiger partial charge in [0.05, 0.1) is 17.4 Å². The lowest BCUT2D eigenvalue weighted by atomic mass is 10.1. The minimum atomic E-state index is -0.0165. The van der Waals surface area contributed by atoms with Crippen LogP contribution in [0.15, 0.2) is 55.1 Å². The molecule has 4 heterocycles. The van der Waals surface area contributed by atoms with E-state index in [9.17, 15) is 4.79 Å². The third-order valence-electron chi connectivity index (χ3n) is 5.50. The predicted octanol–water partition coefficient (Wildman–Crippen LogP) is 2.70. The van der Waals surface area contributed by atoms with Crippen molar-refractivity contribution in [1.82, 2.24) is 25.3 Å². The Bertz CT molecular complexity index is 1180. The fourth-order valence-electron chi connectivity index (χ4n) is 4.11. The number of rotatable bonds is 5. The summed E-state index contributed by atoms with van der Waals surface area (Å²) in [6.45, 7) is 1.88. The summed E-state index contributed by atoms with van der Waals surface area (Å²) in [5.74, 6) is 0.902. The van der Waals surface area contributed by atoms with E-state index in [1.165, 1.54) is 0 Å². The molecule has 30 heavy (non-hydrogen) atoms. The number of carbonyl (C=O) groups excluding carboxylic acids is 1. The van der Waals surface area contributed by atoms with Crippen LogP contribution in [0, 0.1) is 0 Å². The second kappa shape index (κ2) is 7.98. The number of aromatic nitrogens is 4. The minimum absolute atomic E-state index is 0.0165. The molecule has 0 saturated carbocycles. The third-order valence-corrected chi connectivity index (χ3v) is 5.50. The lowest BCUT2D eigenvalue weighted by Gasteiger charge is -2.34. The molecule has 1 fully saturated rings. The Morgan fingerprint density at radius 2 is 2.10 bits per heavy atom. The van der Waals surface area contributed by atoms with E-state index >= 15 is 0 Å². The molecule has 3 aromatic heterocycles. The van der Waals surface area contributed by atoms with Gasteiger partial charge in [0.25, 0.3) is 0 Å². The number of hydrogen-bond donors (Lipinski definition) is 3. The Morgan fingerprint density at radius 3 is 3.07 bits per heavy atom. The molecule has 0 aliphatic carbocycles. The van der Waals surface area contributed by atoms with Crippen LogP contribution < -0.4 is 15.5 Å². The zero-order chi connectivity index (χ0) is 20.3. The number of anilines is 2. The molecule has 1 aliphatic rings. The van der Waals surface area contributed by atoms with Gasteiger partial charge in [0.1, 0.15) is 17.8 Å². The van der Waals surface area contributed by atoms with Gasteiger partial charge < -0.3 is 20.5 Å². The lowest BCUT2D eigenvalue weighted by Crippen LogP contribution is -2.49. The van der Waals surface area contributed by atoms with Crippen LogP contribution >= 0.6 is 0 Å². The number of H-pyrrole nitrogens is 1. The van der Waals surface area contributed by atoms with Crippen molar-refractivity contribution in [3.63, 3.8) is 0 Å². The van der Waals surface area contributed by atoms with Gasteiger partial charge in [-0.2, -0.15) is 0 Å². The predicted molar refractivity (Wildman–Crippen MR) is 117 cm³/mol. The van der Waals surface area contributed by atoms with Crippen molar-refractivity contribution >= 4 is 39.3 Å². The Hall–Kier alpha value is -3.68. The van der Waals surface area contributed by atoms with Crippen LogP contribution in [0.3, 0.4) is 0 Å². The molecule has 4 aromatic rings. The van der Waals surface area contributed by atoms with Gasteiger partial charge in [-0.15, -0.1) is 0 Å². The van der Waals surface area contributed by atoms with Crippen LogP contribution in [0.25, 0.3) is 21.9 Å². The number of pyridine rings is 1. The van der Waals surface area contributed by atoms with Gasteiger partial charge in [-0.05, 0) is 43.2 Å². The number of piperidine rings is 1. The highest BCUT2D eigenvalue weighted by molar-refractivity contribution is 5.93. The number of benzene rings is 1. The van der Waals surface area contributed by atoms with Gasteiger partial charge >= 0.3 is 0 Å². The Labute approximate surface area is 173 Å². The van der Waals surface area contributed by atoms with Crippen LogP contribution in [-0.2, 0) is 4.79 Å². The number of carbonyl (C=O) groups is 1.